The molecule has 3 amide bonds. The third-order valence-electron chi connectivity index (χ3n) is 7.31. The highest BCUT2D eigenvalue weighted by Crippen LogP contribution is 2.40. The second-order valence-corrected chi connectivity index (χ2v) is 8.94. The zero-order valence-electron chi connectivity index (χ0n) is 16.8. The van der Waals surface area contributed by atoms with E-state index in [-0.39, 0.29) is 54.6 Å². The standard InChI is InChI=1S/C24H28N2O3/c27-22(12-13-25-23(28)20-8-4-5-9-21(20)24(25)29)26-18-10-11-19(26)15-17(14-18)16-6-2-1-3-7-16/h1-3,6-7,14,18-21H,4-5,8-13,15H2. The number of nitrogens with zero attached hydrogens (tertiary/aromatic N) is 2. The van der Waals surface area contributed by atoms with Gasteiger partial charge in [0.05, 0.1) is 17.9 Å². The molecule has 2 bridgehead atoms. The number of rotatable bonds is 4. The van der Waals surface area contributed by atoms with Crippen LogP contribution in [0.1, 0.15) is 56.9 Å². The van der Waals surface area contributed by atoms with E-state index in [9.17, 15) is 14.4 Å². The Morgan fingerprint density at radius 3 is 2.28 bits per heavy atom. The van der Waals surface area contributed by atoms with E-state index in [4.69, 9.17) is 0 Å². The third-order valence-corrected chi connectivity index (χ3v) is 7.31. The topological polar surface area (TPSA) is 57.7 Å². The predicted molar refractivity (Wildman–Crippen MR) is 109 cm³/mol. The van der Waals surface area contributed by atoms with Gasteiger partial charge in [-0.3, -0.25) is 19.3 Å². The molecule has 4 atom stereocenters. The maximum absolute atomic E-state index is 13.0. The van der Waals surface area contributed by atoms with E-state index in [1.807, 2.05) is 11.0 Å². The number of fused-ring (bicyclic) bond motifs is 3. The van der Waals surface area contributed by atoms with Crippen LogP contribution in [0.15, 0.2) is 36.4 Å². The fourth-order valence-corrected chi connectivity index (χ4v) is 5.87. The maximum Gasteiger partial charge on any atom is 0.233 e. The van der Waals surface area contributed by atoms with Crippen LogP contribution in [0, 0.1) is 11.8 Å². The van der Waals surface area contributed by atoms with Crippen LogP contribution in [0.5, 0.6) is 0 Å². The first kappa shape index (κ1) is 18.6. The molecule has 4 unspecified atom stereocenters. The summed E-state index contributed by atoms with van der Waals surface area (Å²) in [5.74, 6) is -0.264. The number of hydrogen-bond acceptors (Lipinski definition) is 3. The molecule has 3 fully saturated rings. The van der Waals surface area contributed by atoms with Crippen molar-refractivity contribution in [2.45, 2.75) is 63.5 Å². The minimum Gasteiger partial charge on any atom is -0.333 e. The summed E-state index contributed by atoms with van der Waals surface area (Å²) in [5, 5.41) is 0. The Hall–Kier alpha value is -2.43. The van der Waals surface area contributed by atoms with Crippen LogP contribution in [0.2, 0.25) is 0 Å². The van der Waals surface area contributed by atoms with Gasteiger partial charge in [0.25, 0.3) is 0 Å². The summed E-state index contributed by atoms with van der Waals surface area (Å²) in [6.07, 6.45) is 9.10. The molecular weight excluding hydrogens is 364 g/mol. The molecule has 0 spiro atoms. The zero-order valence-corrected chi connectivity index (χ0v) is 16.8. The molecule has 1 aliphatic carbocycles. The van der Waals surface area contributed by atoms with Gasteiger partial charge in [0.15, 0.2) is 0 Å². The van der Waals surface area contributed by atoms with Gasteiger partial charge in [-0.2, -0.15) is 0 Å². The van der Waals surface area contributed by atoms with Crippen molar-refractivity contribution in [2.24, 2.45) is 11.8 Å². The fraction of sp³-hybridized carbons (Fsp3) is 0.542. The molecule has 29 heavy (non-hydrogen) atoms. The van der Waals surface area contributed by atoms with Crippen molar-refractivity contribution in [2.75, 3.05) is 6.54 Å². The molecule has 2 saturated heterocycles. The Bertz CT molecular complexity index is 838. The molecule has 152 valence electrons. The Morgan fingerprint density at radius 2 is 1.62 bits per heavy atom. The molecule has 3 aliphatic heterocycles. The number of hydrogen-bond donors (Lipinski definition) is 0. The molecule has 5 nitrogen and oxygen atoms in total. The van der Waals surface area contributed by atoms with Gasteiger partial charge in [0, 0.05) is 19.0 Å². The molecule has 0 N–H and O–H groups in total. The summed E-state index contributed by atoms with van der Waals surface area (Å²) >= 11 is 0. The highest BCUT2D eigenvalue weighted by atomic mass is 16.2. The minimum absolute atomic E-state index is 0.0413. The largest absolute Gasteiger partial charge is 0.333 e. The first-order valence-corrected chi connectivity index (χ1v) is 11.1. The van der Waals surface area contributed by atoms with Crippen molar-refractivity contribution in [3.05, 3.63) is 42.0 Å². The lowest BCUT2D eigenvalue weighted by Gasteiger charge is -2.34. The lowest BCUT2D eigenvalue weighted by molar-refractivity contribution is -0.141. The van der Waals surface area contributed by atoms with Crippen LogP contribution in [0.25, 0.3) is 5.57 Å². The molecule has 1 saturated carbocycles. The number of carbonyl (C=O) groups excluding carboxylic acids is 3. The van der Waals surface area contributed by atoms with Crippen LogP contribution in [-0.4, -0.2) is 46.1 Å². The molecular formula is C24H28N2O3. The van der Waals surface area contributed by atoms with Gasteiger partial charge in [-0.25, -0.2) is 0 Å². The summed E-state index contributed by atoms with van der Waals surface area (Å²) in [4.78, 5) is 41.7. The van der Waals surface area contributed by atoms with E-state index in [1.54, 1.807) is 0 Å². The van der Waals surface area contributed by atoms with Crippen LogP contribution in [-0.2, 0) is 14.4 Å². The Kier molecular flexibility index (Phi) is 4.76. The Morgan fingerprint density at radius 1 is 0.931 bits per heavy atom. The molecule has 5 rings (SSSR count). The smallest absolute Gasteiger partial charge is 0.233 e. The van der Waals surface area contributed by atoms with Gasteiger partial charge in [-0.15, -0.1) is 0 Å². The summed E-state index contributed by atoms with van der Waals surface area (Å²) < 4.78 is 0. The molecule has 5 heteroatoms. The van der Waals surface area contributed by atoms with Crippen molar-refractivity contribution in [3.63, 3.8) is 0 Å². The van der Waals surface area contributed by atoms with Crippen LogP contribution in [0.4, 0.5) is 0 Å². The number of benzene rings is 1. The normalized spacial score (nSPS) is 31.1. The van der Waals surface area contributed by atoms with Crippen molar-refractivity contribution in [3.8, 4) is 0 Å². The highest BCUT2D eigenvalue weighted by molar-refractivity contribution is 6.05. The van der Waals surface area contributed by atoms with Gasteiger partial charge < -0.3 is 4.90 Å². The van der Waals surface area contributed by atoms with Gasteiger partial charge in [0.2, 0.25) is 17.7 Å². The molecule has 0 radical (unpaired) electrons. The maximum atomic E-state index is 13.0. The number of carbonyl (C=O) groups is 3. The summed E-state index contributed by atoms with van der Waals surface area (Å²) in [6, 6.07) is 10.8. The SMILES string of the molecule is O=C1C2CCCCC2C(=O)N1CCC(=O)N1C2C=C(c3ccccc3)CC1CC2. The van der Waals surface area contributed by atoms with Crippen molar-refractivity contribution in [1.82, 2.24) is 9.80 Å². The van der Waals surface area contributed by atoms with Crippen molar-refractivity contribution in [1.29, 1.82) is 0 Å². The quantitative estimate of drug-likeness (QED) is 0.738. The first-order chi connectivity index (χ1) is 14.1. The van der Waals surface area contributed by atoms with E-state index in [2.05, 4.69) is 30.3 Å². The molecule has 4 aliphatic rings. The summed E-state index contributed by atoms with van der Waals surface area (Å²) in [5.41, 5.74) is 2.57. The number of imide groups is 1. The van der Waals surface area contributed by atoms with E-state index < -0.39 is 0 Å². The van der Waals surface area contributed by atoms with Crippen molar-refractivity contribution >= 4 is 23.3 Å². The van der Waals surface area contributed by atoms with E-state index in [0.717, 1.165) is 44.9 Å². The average molecular weight is 392 g/mol. The lowest BCUT2D eigenvalue weighted by atomic mass is 9.81. The fourth-order valence-electron chi connectivity index (χ4n) is 5.87. The van der Waals surface area contributed by atoms with Crippen molar-refractivity contribution < 1.29 is 14.4 Å². The van der Waals surface area contributed by atoms with Gasteiger partial charge in [0.1, 0.15) is 0 Å². The monoisotopic (exact) mass is 392 g/mol. The van der Waals surface area contributed by atoms with Gasteiger partial charge in [-0.05, 0) is 43.2 Å². The molecule has 1 aromatic rings. The van der Waals surface area contributed by atoms with E-state index in [1.165, 1.54) is 16.0 Å². The number of likely N-dealkylation sites (tertiary alicyclic amines) is 1. The van der Waals surface area contributed by atoms with Crippen LogP contribution >= 0.6 is 0 Å². The lowest BCUT2D eigenvalue weighted by Crippen LogP contribution is -2.44. The third kappa shape index (κ3) is 3.21. The van der Waals surface area contributed by atoms with Gasteiger partial charge >= 0.3 is 0 Å². The predicted octanol–water partition coefficient (Wildman–Crippen LogP) is 3.40. The molecule has 1 aromatic carbocycles. The molecule has 0 aromatic heterocycles. The second-order valence-electron chi connectivity index (χ2n) is 8.94. The minimum atomic E-state index is -0.131. The summed E-state index contributed by atoms with van der Waals surface area (Å²) in [7, 11) is 0. The molecule has 3 heterocycles. The van der Waals surface area contributed by atoms with E-state index >= 15 is 0 Å². The highest BCUT2D eigenvalue weighted by Gasteiger charge is 2.48. The van der Waals surface area contributed by atoms with E-state index in [0.29, 0.717) is 0 Å². The first-order valence-electron chi connectivity index (χ1n) is 11.1. The van der Waals surface area contributed by atoms with Crippen LogP contribution in [0.3, 0.4) is 0 Å². The Labute approximate surface area is 171 Å². The van der Waals surface area contributed by atoms with Crippen LogP contribution < -0.4 is 0 Å². The average Bonchev–Trinajstić information content (AvgIpc) is 3.16. The zero-order chi connectivity index (χ0) is 20.0. The van der Waals surface area contributed by atoms with Gasteiger partial charge in [-0.1, -0.05) is 49.2 Å². The number of amides is 3. The summed E-state index contributed by atoms with van der Waals surface area (Å²) in [6.45, 7) is 0.245. The second kappa shape index (κ2) is 7.43. The Balaban J connectivity index is 1.25.